The Balaban J connectivity index is 1.13. The van der Waals surface area contributed by atoms with Crippen LogP contribution < -0.4 is 47.9 Å². The van der Waals surface area contributed by atoms with Crippen LogP contribution in [0.15, 0.2) is 60.7 Å². The molecule has 0 radical (unpaired) electrons. The number of likely N-dealkylation sites (N-methyl/N-ethyl adjacent to an activating group) is 2. The number of rotatable bonds is 22. The largest absolute Gasteiger partial charge is 0.394 e. The van der Waals surface area contributed by atoms with Crippen molar-refractivity contribution in [2.75, 3.05) is 33.8 Å². The Morgan fingerprint density at radius 1 is 0.688 bits per heavy atom. The molecule has 1 heterocycles. The Morgan fingerprint density at radius 2 is 1.34 bits per heavy atom. The van der Waals surface area contributed by atoms with E-state index in [2.05, 4.69) is 53.9 Å². The molecule has 3 aromatic carbocycles. The third-order valence-electron chi connectivity index (χ3n) is 15.8. The molecule has 19 nitrogen and oxygen atoms in total. The van der Waals surface area contributed by atoms with E-state index in [0.717, 1.165) is 56.9 Å². The van der Waals surface area contributed by atoms with Crippen LogP contribution in [0.3, 0.4) is 0 Å². The number of nitrogens with zero attached hydrogens (tertiary/aromatic N) is 1. The summed E-state index contributed by atoms with van der Waals surface area (Å²) in [6, 6.07) is 11.8. The molecule has 10 N–H and O–H groups in total. The lowest BCUT2D eigenvalue weighted by atomic mass is 9.83. The van der Waals surface area contributed by atoms with Crippen LogP contribution >= 0.6 is 0 Å². The summed E-state index contributed by atoms with van der Waals surface area (Å²) >= 11 is 0. The lowest BCUT2D eigenvalue weighted by molar-refractivity contribution is -0.144. The molecule has 1 saturated heterocycles. The number of benzene rings is 3. The Hall–Kier alpha value is -6.44. The molecule has 8 amide bonds. The van der Waals surface area contributed by atoms with Gasteiger partial charge in [-0.1, -0.05) is 90.3 Å². The second-order valence-electron chi connectivity index (χ2n) is 22.7. The van der Waals surface area contributed by atoms with Gasteiger partial charge in [0.25, 0.3) is 11.8 Å². The minimum atomic E-state index is -1.04. The fraction of sp³-hybridized carbons (Fsp3) is 0.586. The molecule has 0 aromatic heterocycles. The van der Waals surface area contributed by atoms with Gasteiger partial charge in [-0.3, -0.25) is 38.4 Å². The second-order valence-corrected chi connectivity index (χ2v) is 22.7. The van der Waals surface area contributed by atoms with Crippen LogP contribution in [0.5, 0.6) is 0 Å². The number of aliphatic hydroxyl groups is 1. The standard InChI is InChI=1S/C58H84N10O9/c1-33(2)34(3)62-53(73)45(65-56(76)48(37-17-11-10-12-18-37)66-54(74)46(32-69)60-9)26-27-61-51(71)40-24-22-39-29-41(25-23-38(39)28-40)52(72)63-42-30-47(55(75)64-44-21-15-19-36-16-13-14-20-43(36)44)68(31-42)57(77)49(58(5,6)7)67-50(70)35(4)59-8/h13-14,16,20,22-25,28-29,33-35,37,42,44-49,59-60,69H,10-12,15,17-19,21,26-27,30-32H2,1-9H3,(H,61,71)(H,62,73)(H,63,72)(H,64,75)(H,65,76)(H,66,74)(H,67,70)/t34-,35+,42+,44-,45+,46+,47+,48+,49-/m1/s1. The Bertz CT molecular complexity index is 2590. The first-order valence-corrected chi connectivity index (χ1v) is 27.6. The Labute approximate surface area is 453 Å². The summed E-state index contributed by atoms with van der Waals surface area (Å²) in [5, 5.41) is 37.6. The summed E-state index contributed by atoms with van der Waals surface area (Å²) in [6.45, 7) is 12.7. The first kappa shape index (κ1) is 59.8. The molecule has 2 aliphatic carbocycles. The number of carbonyl (C=O) groups is 8. The smallest absolute Gasteiger partial charge is 0.251 e. The van der Waals surface area contributed by atoms with E-state index in [1.54, 1.807) is 57.4 Å². The van der Waals surface area contributed by atoms with Crippen LogP contribution in [0.4, 0.5) is 0 Å². The van der Waals surface area contributed by atoms with Gasteiger partial charge >= 0.3 is 0 Å². The fourth-order valence-corrected chi connectivity index (χ4v) is 10.5. The van der Waals surface area contributed by atoms with Crippen LogP contribution in [0.25, 0.3) is 10.8 Å². The zero-order valence-corrected chi connectivity index (χ0v) is 46.5. The molecule has 77 heavy (non-hydrogen) atoms. The molecular weight excluding hydrogens is 981 g/mol. The van der Waals surface area contributed by atoms with Crippen molar-refractivity contribution in [3.8, 4) is 0 Å². The summed E-state index contributed by atoms with van der Waals surface area (Å²) in [4.78, 5) is 112. The maximum atomic E-state index is 14.6. The SMILES string of the molecule is CN[C@@H](C)C(=O)N[C@H](C(=O)N1C[C@@H](NC(=O)c2ccc3cc(C(=O)NCC[C@H](NC(=O)[C@@H](NC(=O)[C@H](CO)NC)C4CCCCC4)C(=O)N[C@H](C)C(C)C)ccc3c2)C[C@H]1C(=O)N[C@@H]1CCCc2ccccc21)C(C)(C)C. The zero-order valence-electron chi connectivity index (χ0n) is 46.5. The minimum Gasteiger partial charge on any atom is -0.394 e. The van der Waals surface area contributed by atoms with E-state index in [4.69, 9.17) is 0 Å². The number of carbonyl (C=O) groups excluding carboxylic acids is 8. The first-order valence-electron chi connectivity index (χ1n) is 27.6. The van der Waals surface area contributed by atoms with E-state index in [9.17, 15) is 43.5 Å². The molecule has 3 aromatic rings. The molecule has 1 aliphatic heterocycles. The molecule has 9 atom stereocenters. The van der Waals surface area contributed by atoms with Gasteiger partial charge in [0.15, 0.2) is 0 Å². The van der Waals surface area contributed by atoms with Gasteiger partial charge in [-0.05, 0) is 136 Å². The number of nitrogens with one attached hydrogen (secondary N) is 9. The van der Waals surface area contributed by atoms with Crippen molar-refractivity contribution in [3.05, 3.63) is 82.9 Å². The highest BCUT2D eigenvalue weighted by Crippen LogP contribution is 2.32. The predicted molar refractivity (Wildman–Crippen MR) is 295 cm³/mol. The van der Waals surface area contributed by atoms with Crippen molar-refractivity contribution in [1.29, 1.82) is 0 Å². The Morgan fingerprint density at radius 3 is 1.96 bits per heavy atom. The number of hydrogen-bond acceptors (Lipinski definition) is 11. The van der Waals surface area contributed by atoms with E-state index >= 15 is 0 Å². The lowest BCUT2D eigenvalue weighted by Crippen LogP contribution is -2.59. The van der Waals surface area contributed by atoms with E-state index in [-0.39, 0.29) is 61.7 Å². The average molecular weight is 1070 g/mol. The van der Waals surface area contributed by atoms with Crippen molar-refractivity contribution in [2.24, 2.45) is 17.3 Å². The van der Waals surface area contributed by atoms with Crippen LogP contribution in [0.2, 0.25) is 0 Å². The molecule has 2 fully saturated rings. The monoisotopic (exact) mass is 1060 g/mol. The van der Waals surface area contributed by atoms with Gasteiger partial charge in [-0.25, -0.2) is 0 Å². The Kier molecular flexibility index (Phi) is 21.2. The van der Waals surface area contributed by atoms with Gasteiger partial charge in [0, 0.05) is 36.3 Å². The van der Waals surface area contributed by atoms with Crippen molar-refractivity contribution in [2.45, 2.75) is 167 Å². The lowest BCUT2D eigenvalue weighted by Gasteiger charge is -2.36. The molecule has 6 rings (SSSR count). The molecule has 1 saturated carbocycles. The summed E-state index contributed by atoms with van der Waals surface area (Å²) < 4.78 is 0. The molecule has 0 unspecified atom stereocenters. The summed E-state index contributed by atoms with van der Waals surface area (Å²) in [5.41, 5.74) is 2.17. The second kappa shape index (κ2) is 27.2. The molecule has 0 bridgehead atoms. The van der Waals surface area contributed by atoms with Crippen molar-refractivity contribution < 1.29 is 43.5 Å². The van der Waals surface area contributed by atoms with Crippen molar-refractivity contribution >= 4 is 58.0 Å². The van der Waals surface area contributed by atoms with Gasteiger partial charge in [0.1, 0.15) is 30.2 Å². The van der Waals surface area contributed by atoms with Gasteiger partial charge in [0.05, 0.1) is 18.7 Å². The minimum absolute atomic E-state index is 0.0273. The maximum absolute atomic E-state index is 14.6. The number of aryl methyl sites for hydroxylation is 1. The summed E-state index contributed by atoms with van der Waals surface area (Å²) in [6.07, 6.45) is 7.03. The molecule has 420 valence electrons. The van der Waals surface area contributed by atoms with Crippen LogP contribution in [0.1, 0.15) is 144 Å². The normalized spacial score (nSPS) is 20.1. The fourth-order valence-electron chi connectivity index (χ4n) is 10.5. The summed E-state index contributed by atoms with van der Waals surface area (Å²) in [5.74, 6) is -3.43. The molecule has 19 heteroatoms. The third-order valence-corrected chi connectivity index (χ3v) is 15.8. The number of amides is 8. The van der Waals surface area contributed by atoms with Gasteiger partial charge in [-0.15, -0.1) is 0 Å². The molecule has 3 aliphatic rings. The first-order chi connectivity index (χ1) is 36.6. The highest BCUT2D eigenvalue weighted by molar-refractivity contribution is 6.02. The van der Waals surface area contributed by atoms with Crippen LogP contribution in [-0.4, -0.2) is 139 Å². The topological polar surface area (TPSA) is 268 Å². The highest BCUT2D eigenvalue weighted by Gasteiger charge is 2.46. The number of aliphatic hydroxyl groups excluding tert-OH is 1. The summed E-state index contributed by atoms with van der Waals surface area (Å²) in [7, 11) is 3.21. The maximum Gasteiger partial charge on any atom is 0.251 e. The average Bonchev–Trinajstić information content (AvgIpc) is 3.85. The van der Waals surface area contributed by atoms with Crippen molar-refractivity contribution in [1.82, 2.24) is 52.8 Å². The van der Waals surface area contributed by atoms with E-state index < -0.39 is 89.8 Å². The third kappa shape index (κ3) is 15.6. The van der Waals surface area contributed by atoms with E-state index in [0.29, 0.717) is 21.9 Å². The van der Waals surface area contributed by atoms with Gasteiger partial charge in [-0.2, -0.15) is 0 Å². The number of fused-ring (bicyclic) bond motifs is 2. The van der Waals surface area contributed by atoms with Crippen LogP contribution in [0, 0.1) is 17.3 Å². The van der Waals surface area contributed by atoms with E-state index in [1.807, 2.05) is 59.7 Å². The van der Waals surface area contributed by atoms with E-state index in [1.165, 1.54) is 10.5 Å². The van der Waals surface area contributed by atoms with Gasteiger partial charge < -0.3 is 57.9 Å². The number of hydrogen-bond donors (Lipinski definition) is 10. The quantitative estimate of drug-likeness (QED) is 0.0698. The highest BCUT2D eigenvalue weighted by atomic mass is 16.3. The molecule has 0 spiro atoms. The van der Waals surface area contributed by atoms with Gasteiger partial charge in [0.2, 0.25) is 35.4 Å². The molecular formula is C58H84N10O9. The van der Waals surface area contributed by atoms with Crippen LogP contribution in [-0.2, 0) is 35.2 Å². The van der Waals surface area contributed by atoms with Crippen molar-refractivity contribution in [3.63, 3.8) is 0 Å². The number of likely N-dealkylation sites (tertiary alicyclic amines) is 1. The predicted octanol–water partition coefficient (Wildman–Crippen LogP) is 3.28. The zero-order chi connectivity index (χ0) is 56.1.